The van der Waals surface area contributed by atoms with Crippen LogP contribution in [0.3, 0.4) is 0 Å². The van der Waals surface area contributed by atoms with Gasteiger partial charge in [-0.3, -0.25) is 4.79 Å². The monoisotopic (exact) mass is 393 g/mol. The normalized spacial score (nSPS) is 13.8. The molecule has 0 unspecified atom stereocenters. The predicted molar refractivity (Wildman–Crippen MR) is 108 cm³/mol. The maximum Gasteiger partial charge on any atom is 0.275 e. The molecule has 1 saturated heterocycles. The highest BCUT2D eigenvalue weighted by Gasteiger charge is 2.13. The third kappa shape index (κ3) is 4.85. The first-order valence-corrected chi connectivity index (χ1v) is 9.30. The number of hydrogen-bond acceptors (Lipinski definition) is 6. The van der Waals surface area contributed by atoms with Crippen molar-refractivity contribution in [3.63, 3.8) is 0 Å². The van der Waals surface area contributed by atoms with E-state index in [1.54, 1.807) is 18.3 Å². The molecule has 1 aliphatic rings. The molecule has 0 aliphatic carbocycles. The lowest BCUT2D eigenvalue weighted by atomic mass is 10.3. The van der Waals surface area contributed by atoms with Crippen LogP contribution in [-0.2, 0) is 0 Å². The molecular formula is C21H20FN5O2. The molecule has 29 heavy (non-hydrogen) atoms. The van der Waals surface area contributed by atoms with E-state index in [1.807, 2.05) is 12.1 Å². The number of nitrogens with one attached hydrogen (secondary N) is 2. The van der Waals surface area contributed by atoms with Crippen LogP contribution in [0.15, 0.2) is 60.9 Å². The average Bonchev–Trinajstić information content (AvgIpc) is 2.77. The van der Waals surface area contributed by atoms with E-state index in [0.29, 0.717) is 17.3 Å². The van der Waals surface area contributed by atoms with Gasteiger partial charge >= 0.3 is 0 Å². The number of anilines is 2. The number of carbonyl (C=O) groups is 1. The summed E-state index contributed by atoms with van der Waals surface area (Å²) < 4.78 is 18.5. The highest BCUT2D eigenvalue weighted by atomic mass is 19.1. The molecule has 0 atom stereocenters. The molecule has 148 valence electrons. The second kappa shape index (κ2) is 8.66. The lowest BCUT2D eigenvalue weighted by Crippen LogP contribution is -2.43. The zero-order valence-electron chi connectivity index (χ0n) is 15.6. The fourth-order valence-corrected chi connectivity index (χ4v) is 3.00. The first kappa shape index (κ1) is 18.8. The highest BCUT2D eigenvalue weighted by Crippen LogP contribution is 2.21. The minimum Gasteiger partial charge on any atom is -0.456 e. The Morgan fingerprint density at radius 3 is 2.52 bits per heavy atom. The lowest BCUT2D eigenvalue weighted by Gasteiger charge is -2.29. The Kier molecular flexibility index (Phi) is 5.62. The lowest BCUT2D eigenvalue weighted by molar-refractivity contribution is 0.102. The summed E-state index contributed by atoms with van der Waals surface area (Å²) in [6, 6.07) is 12.7. The molecule has 3 heterocycles. The van der Waals surface area contributed by atoms with Crippen LogP contribution in [0.5, 0.6) is 11.5 Å². The molecule has 0 spiro atoms. The van der Waals surface area contributed by atoms with Gasteiger partial charge in [-0.1, -0.05) is 0 Å². The number of ether oxygens (including phenoxy) is 1. The van der Waals surface area contributed by atoms with Crippen molar-refractivity contribution in [1.82, 2.24) is 15.3 Å². The van der Waals surface area contributed by atoms with Crippen molar-refractivity contribution < 1.29 is 13.9 Å². The van der Waals surface area contributed by atoms with Crippen LogP contribution in [-0.4, -0.2) is 42.1 Å². The molecule has 7 nitrogen and oxygen atoms in total. The minimum absolute atomic E-state index is 0.242. The summed E-state index contributed by atoms with van der Waals surface area (Å²) in [5.41, 5.74) is 1.26. The van der Waals surface area contributed by atoms with Crippen LogP contribution in [0.25, 0.3) is 0 Å². The number of carbonyl (C=O) groups excluding carboxylic acids is 1. The third-order valence-electron chi connectivity index (χ3n) is 4.49. The van der Waals surface area contributed by atoms with E-state index in [9.17, 15) is 9.18 Å². The SMILES string of the molecule is O=C(Nc1cc(N2CCNCC2)ccn1)c1ccc(Oc2ccc(F)cc2)cn1. The van der Waals surface area contributed by atoms with Crippen LogP contribution < -0.4 is 20.3 Å². The van der Waals surface area contributed by atoms with Crippen LogP contribution in [0.4, 0.5) is 15.9 Å². The Labute approximate surface area is 167 Å². The highest BCUT2D eigenvalue weighted by molar-refractivity contribution is 6.02. The number of amides is 1. The largest absolute Gasteiger partial charge is 0.456 e. The molecular weight excluding hydrogens is 373 g/mol. The van der Waals surface area contributed by atoms with E-state index in [1.165, 1.54) is 30.5 Å². The van der Waals surface area contributed by atoms with Crippen LogP contribution in [0.2, 0.25) is 0 Å². The van der Waals surface area contributed by atoms with E-state index < -0.39 is 0 Å². The number of piperazine rings is 1. The number of halogens is 1. The summed E-state index contributed by atoms with van der Waals surface area (Å²) in [5, 5.41) is 6.09. The van der Waals surface area contributed by atoms with E-state index >= 15 is 0 Å². The molecule has 1 amide bonds. The predicted octanol–water partition coefficient (Wildman–Crippen LogP) is 3.07. The molecule has 2 aromatic heterocycles. The first-order chi connectivity index (χ1) is 14.2. The van der Waals surface area contributed by atoms with Crippen molar-refractivity contribution in [2.24, 2.45) is 0 Å². The van der Waals surface area contributed by atoms with Crippen molar-refractivity contribution in [2.45, 2.75) is 0 Å². The van der Waals surface area contributed by atoms with Crippen molar-refractivity contribution in [3.8, 4) is 11.5 Å². The number of nitrogens with zero attached hydrogens (tertiary/aromatic N) is 3. The van der Waals surface area contributed by atoms with E-state index in [2.05, 4.69) is 25.5 Å². The number of benzene rings is 1. The summed E-state index contributed by atoms with van der Waals surface area (Å²) >= 11 is 0. The molecule has 0 bridgehead atoms. The molecule has 0 radical (unpaired) electrons. The van der Waals surface area contributed by atoms with Crippen molar-refractivity contribution in [3.05, 3.63) is 72.4 Å². The first-order valence-electron chi connectivity index (χ1n) is 9.30. The fraction of sp³-hybridized carbons (Fsp3) is 0.190. The molecule has 0 saturated carbocycles. The van der Waals surface area contributed by atoms with Crippen molar-refractivity contribution in [2.75, 3.05) is 36.4 Å². The molecule has 1 aliphatic heterocycles. The summed E-state index contributed by atoms with van der Waals surface area (Å²) in [5.74, 6) is 0.714. The van der Waals surface area contributed by atoms with Crippen LogP contribution in [0, 0.1) is 5.82 Å². The maximum atomic E-state index is 13.0. The smallest absolute Gasteiger partial charge is 0.275 e. The van der Waals surface area contributed by atoms with Crippen molar-refractivity contribution >= 4 is 17.4 Å². The van der Waals surface area contributed by atoms with Gasteiger partial charge in [0.05, 0.1) is 6.20 Å². The number of hydrogen-bond donors (Lipinski definition) is 2. The Morgan fingerprint density at radius 2 is 1.79 bits per heavy atom. The van der Waals surface area contributed by atoms with Gasteiger partial charge in [0.15, 0.2) is 0 Å². The number of rotatable bonds is 5. The quantitative estimate of drug-likeness (QED) is 0.694. The second-order valence-electron chi connectivity index (χ2n) is 6.53. The van der Waals surface area contributed by atoms with Crippen LogP contribution in [0.1, 0.15) is 10.5 Å². The van der Waals surface area contributed by atoms with Gasteiger partial charge in [0.25, 0.3) is 5.91 Å². The Balaban J connectivity index is 1.40. The van der Waals surface area contributed by atoms with Crippen LogP contribution >= 0.6 is 0 Å². The van der Waals surface area contributed by atoms with Gasteiger partial charge in [-0.05, 0) is 42.5 Å². The number of aromatic nitrogens is 2. The third-order valence-corrected chi connectivity index (χ3v) is 4.49. The summed E-state index contributed by atoms with van der Waals surface area (Å²) in [7, 11) is 0. The summed E-state index contributed by atoms with van der Waals surface area (Å²) in [4.78, 5) is 23.1. The molecule has 4 rings (SSSR count). The molecule has 1 fully saturated rings. The second-order valence-corrected chi connectivity index (χ2v) is 6.53. The average molecular weight is 393 g/mol. The Morgan fingerprint density at radius 1 is 1.03 bits per heavy atom. The summed E-state index contributed by atoms with van der Waals surface area (Å²) in [6.45, 7) is 3.68. The summed E-state index contributed by atoms with van der Waals surface area (Å²) in [6.07, 6.45) is 3.13. The van der Waals surface area contributed by atoms with Gasteiger partial charge in [-0.2, -0.15) is 0 Å². The minimum atomic E-state index is -0.358. The molecule has 2 N–H and O–H groups in total. The Hall–Kier alpha value is -3.52. The van der Waals surface area contributed by atoms with Gasteiger partial charge in [0.2, 0.25) is 0 Å². The van der Waals surface area contributed by atoms with E-state index in [-0.39, 0.29) is 17.4 Å². The standard InChI is InChI=1S/C21H20FN5O2/c22-15-1-3-17(4-2-15)29-18-5-6-19(25-14-18)21(28)26-20-13-16(7-8-24-20)27-11-9-23-10-12-27/h1-8,13-14,23H,9-12H2,(H,24,26,28). The van der Waals surface area contributed by atoms with E-state index in [0.717, 1.165) is 31.9 Å². The Bertz CT molecular complexity index is 973. The van der Waals surface area contributed by atoms with Gasteiger partial charge in [-0.15, -0.1) is 0 Å². The number of pyridine rings is 2. The van der Waals surface area contributed by atoms with Gasteiger partial charge in [0, 0.05) is 44.1 Å². The molecule has 1 aromatic carbocycles. The van der Waals surface area contributed by atoms with Gasteiger partial charge in [0.1, 0.15) is 28.8 Å². The zero-order chi connectivity index (χ0) is 20.1. The fourth-order valence-electron chi connectivity index (χ4n) is 3.00. The zero-order valence-corrected chi connectivity index (χ0v) is 15.6. The molecule has 8 heteroatoms. The molecule has 3 aromatic rings. The van der Waals surface area contributed by atoms with Crippen molar-refractivity contribution in [1.29, 1.82) is 0 Å². The van der Waals surface area contributed by atoms with Gasteiger partial charge in [-0.25, -0.2) is 14.4 Å². The van der Waals surface area contributed by atoms with E-state index in [4.69, 9.17) is 4.74 Å². The topological polar surface area (TPSA) is 79.4 Å². The van der Waals surface area contributed by atoms with Gasteiger partial charge < -0.3 is 20.3 Å². The maximum absolute atomic E-state index is 13.0.